The molecular formula is C19H18N2O. The number of aliphatic imine (C=N–C) groups is 1. The van der Waals surface area contributed by atoms with Crippen molar-refractivity contribution < 1.29 is 4.79 Å². The Kier molecular flexibility index (Phi) is 3.63. The molecule has 0 atom stereocenters. The highest BCUT2D eigenvalue weighted by molar-refractivity contribution is 6.20. The van der Waals surface area contributed by atoms with E-state index in [1.165, 1.54) is 5.56 Å². The van der Waals surface area contributed by atoms with Gasteiger partial charge in [0, 0.05) is 5.56 Å². The molecule has 1 heterocycles. The predicted molar refractivity (Wildman–Crippen MR) is 89.8 cm³/mol. The molecule has 2 aromatic rings. The molecule has 2 aromatic carbocycles. The highest BCUT2D eigenvalue weighted by Crippen LogP contribution is 2.19. The molecule has 0 aromatic heterocycles. The van der Waals surface area contributed by atoms with Crippen LogP contribution in [0.5, 0.6) is 0 Å². The van der Waals surface area contributed by atoms with Crippen LogP contribution < -0.4 is 5.32 Å². The zero-order chi connectivity index (χ0) is 15.7. The Balaban J connectivity index is 2.02. The lowest BCUT2D eigenvalue weighted by Crippen LogP contribution is -2.25. The minimum absolute atomic E-state index is 0.154. The summed E-state index contributed by atoms with van der Waals surface area (Å²) in [5, 5.41) is 2.86. The van der Waals surface area contributed by atoms with E-state index in [9.17, 15) is 4.79 Å². The van der Waals surface area contributed by atoms with E-state index in [1.54, 1.807) is 0 Å². The third-order valence-electron chi connectivity index (χ3n) is 3.82. The number of carbonyl (C=O) groups is 1. The molecule has 1 aliphatic rings. The number of nitrogens with zero attached hydrogens (tertiary/aromatic N) is 1. The first kappa shape index (κ1) is 14.3. The van der Waals surface area contributed by atoms with Crippen LogP contribution in [0.2, 0.25) is 0 Å². The molecule has 1 aliphatic heterocycles. The maximum Gasteiger partial charge on any atom is 0.275 e. The number of amidine groups is 1. The first-order valence-corrected chi connectivity index (χ1v) is 7.29. The molecule has 1 N–H and O–H groups in total. The van der Waals surface area contributed by atoms with Crippen molar-refractivity contribution in [1.82, 2.24) is 5.32 Å². The third-order valence-corrected chi connectivity index (χ3v) is 3.82. The molecule has 3 rings (SSSR count). The Morgan fingerprint density at radius 2 is 1.77 bits per heavy atom. The summed E-state index contributed by atoms with van der Waals surface area (Å²) in [7, 11) is 0. The summed E-state index contributed by atoms with van der Waals surface area (Å²) in [5.41, 5.74) is 5.83. The van der Waals surface area contributed by atoms with Crippen molar-refractivity contribution in [3.63, 3.8) is 0 Å². The second kappa shape index (κ2) is 5.60. The van der Waals surface area contributed by atoms with Crippen molar-refractivity contribution in [3.8, 4) is 0 Å². The number of benzene rings is 2. The van der Waals surface area contributed by atoms with Crippen molar-refractivity contribution in [3.05, 3.63) is 76.0 Å². The van der Waals surface area contributed by atoms with Crippen LogP contribution in [-0.2, 0) is 4.79 Å². The lowest BCUT2D eigenvalue weighted by atomic mass is 10.0. The maximum atomic E-state index is 12.2. The van der Waals surface area contributed by atoms with E-state index in [0.717, 1.165) is 22.3 Å². The Bertz CT molecular complexity index is 816. The third kappa shape index (κ3) is 2.70. The van der Waals surface area contributed by atoms with E-state index in [1.807, 2.05) is 51.1 Å². The average molecular weight is 290 g/mol. The summed E-state index contributed by atoms with van der Waals surface area (Å²) in [6.07, 6.45) is 1.85. The zero-order valence-electron chi connectivity index (χ0n) is 13.0. The SMILES string of the molecule is Cc1ccc(C)c(/C=C2/N=C(c3ccccc3C)NC2=O)c1. The molecule has 0 unspecified atom stereocenters. The van der Waals surface area contributed by atoms with Crippen LogP contribution in [0.1, 0.15) is 27.8 Å². The van der Waals surface area contributed by atoms with Gasteiger partial charge in [-0.3, -0.25) is 4.79 Å². The van der Waals surface area contributed by atoms with Crippen LogP contribution >= 0.6 is 0 Å². The Morgan fingerprint density at radius 1 is 1.00 bits per heavy atom. The number of hydrogen-bond acceptors (Lipinski definition) is 2. The molecule has 0 bridgehead atoms. The molecule has 22 heavy (non-hydrogen) atoms. The van der Waals surface area contributed by atoms with Crippen molar-refractivity contribution in [2.75, 3.05) is 0 Å². The fraction of sp³-hybridized carbons (Fsp3) is 0.158. The first-order valence-electron chi connectivity index (χ1n) is 7.29. The highest BCUT2D eigenvalue weighted by Gasteiger charge is 2.22. The average Bonchev–Trinajstić information content (AvgIpc) is 2.84. The fourth-order valence-electron chi connectivity index (χ4n) is 2.50. The molecule has 1 amide bonds. The van der Waals surface area contributed by atoms with Gasteiger partial charge in [0.05, 0.1) is 0 Å². The summed E-state index contributed by atoms with van der Waals surface area (Å²) in [5.74, 6) is 0.471. The Hall–Kier alpha value is -2.68. The normalized spacial score (nSPS) is 15.9. The van der Waals surface area contributed by atoms with Gasteiger partial charge >= 0.3 is 0 Å². The van der Waals surface area contributed by atoms with Gasteiger partial charge in [0.15, 0.2) is 0 Å². The number of amides is 1. The van der Waals surface area contributed by atoms with E-state index in [4.69, 9.17) is 0 Å². The summed E-state index contributed by atoms with van der Waals surface area (Å²) >= 11 is 0. The standard InChI is InChI=1S/C19H18N2O/c1-12-8-9-13(2)15(10-12)11-17-19(22)21-18(20-17)16-7-5-4-6-14(16)3/h4-11H,1-3H3,(H,20,21,22)/b17-11+. The minimum Gasteiger partial charge on any atom is -0.305 e. The quantitative estimate of drug-likeness (QED) is 0.845. The fourth-order valence-corrected chi connectivity index (χ4v) is 2.50. The van der Waals surface area contributed by atoms with E-state index in [2.05, 4.69) is 28.5 Å². The number of rotatable bonds is 2. The van der Waals surface area contributed by atoms with Crippen LogP contribution in [0.4, 0.5) is 0 Å². The Morgan fingerprint density at radius 3 is 2.55 bits per heavy atom. The number of nitrogens with one attached hydrogen (secondary N) is 1. The molecule has 0 fully saturated rings. The van der Waals surface area contributed by atoms with Gasteiger partial charge in [-0.2, -0.15) is 0 Å². The molecule has 0 radical (unpaired) electrons. The van der Waals surface area contributed by atoms with E-state index in [0.29, 0.717) is 11.5 Å². The molecule has 0 saturated carbocycles. The zero-order valence-corrected chi connectivity index (χ0v) is 13.0. The van der Waals surface area contributed by atoms with E-state index < -0.39 is 0 Å². The van der Waals surface area contributed by atoms with Crippen molar-refractivity contribution in [2.45, 2.75) is 20.8 Å². The molecule has 3 nitrogen and oxygen atoms in total. The van der Waals surface area contributed by atoms with Crippen molar-refractivity contribution in [1.29, 1.82) is 0 Å². The van der Waals surface area contributed by atoms with Gasteiger partial charge in [0.2, 0.25) is 0 Å². The van der Waals surface area contributed by atoms with Gasteiger partial charge in [0.25, 0.3) is 5.91 Å². The van der Waals surface area contributed by atoms with E-state index in [-0.39, 0.29) is 5.91 Å². The number of hydrogen-bond donors (Lipinski definition) is 1. The molecule has 3 heteroatoms. The number of aryl methyl sites for hydroxylation is 3. The van der Waals surface area contributed by atoms with Crippen LogP contribution in [0.3, 0.4) is 0 Å². The van der Waals surface area contributed by atoms with Crippen LogP contribution in [0.15, 0.2) is 53.2 Å². The molecule has 0 aliphatic carbocycles. The van der Waals surface area contributed by atoms with Crippen molar-refractivity contribution >= 4 is 17.8 Å². The summed E-state index contributed by atoms with van der Waals surface area (Å²) in [4.78, 5) is 16.7. The molecule has 110 valence electrons. The molecule has 0 spiro atoms. The van der Waals surface area contributed by atoms with Crippen LogP contribution in [0.25, 0.3) is 6.08 Å². The largest absolute Gasteiger partial charge is 0.305 e. The van der Waals surface area contributed by atoms with Crippen molar-refractivity contribution in [2.24, 2.45) is 4.99 Å². The molecule has 0 saturated heterocycles. The second-order valence-corrected chi connectivity index (χ2v) is 5.62. The second-order valence-electron chi connectivity index (χ2n) is 5.62. The molecular weight excluding hydrogens is 272 g/mol. The maximum absolute atomic E-state index is 12.2. The monoisotopic (exact) mass is 290 g/mol. The van der Waals surface area contributed by atoms with E-state index >= 15 is 0 Å². The topological polar surface area (TPSA) is 41.5 Å². The summed E-state index contributed by atoms with van der Waals surface area (Å²) in [6.45, 7) is 6.08. The Labute approximate surface area is 130 Å². The highest BCUT2D eigenvalue weighted by atomic mass is 16.2. The minimum atomic E-state index is -0.154. The summed E-state index contributed by atoms with van der Waals surface area (Å²) < 4.78 is 0. The van der Waals surface area contributed by atoms with Gasteiger partial charge in [0.1, 0.15) is 11.5 Å². The lowest BCUT2D eigenvalue weighted by Gasteiger charge is -2.03. The first-order chi connectivity index (χ1) is 10.5. The predicted octanol–water partition coefficient (Wildman–Crippen LogP) is 3.53. The lowest BCUT2D eigenvalue weighted by molar-refractivity contribution is -0.115. The van der Waals surface area contributed by atoms with Gasteiger partial charge in [-0.1, -0.05) is 48.0 Å². The van der Waals surface area contributed by atoms with Gasteiger partial charge in [-0.25, -0.2) is 4.99 Å². The summed E-state index contributed by atoms with van der Waals surface area (Å²) in [6, 6.07) is 14.1. The van der Waals surface area contributed by atoms with Gasteiger partial charge in [-0.05, 0) is 43.5 Å². The van der Waals surface area contributed by atoms with Gasteiger partial charge < -0.3 is 5.32 Å². The van der Waals surface area contributed by atoms with Gasteiger partial charge in [-0.15, -0.1) is 0 Å². The van der Waals surface area contributed by atoms with Crippen LogP contribution in [-0.4, -0.2) is 11.7 Å². The van der Waals surface area contributed by atoms with Crippen LogP contribution in [0, 0.1) is 20.8 Å². The number of carbonyl (C=O) groups excluding carboxylic acids is 1. The smallest absolute Gasteiger partial charge is 0.275 e.